The second-order valence-corrected chi connectivity index (χ2v) is 10.4. The molecule has 3 heterocycles. The molecule has 1 aliphatic heterocycles. The van der Waals surface area contributed by atoms with Crippen molar-refractivity contribution in [2.45, 2.75) is 24.4 Å². The van der Waals surface area contributed by atoms with Crippen molar-refractivity contribution in [2.24, 2.45) is 0 Å². The molecular weight excluding hydrogens is 477 g/mol. The molecule has 0 saturated heterocycles. The molecule has 0 radical (unpaired) electrons. The van der Waals surface area contributed by atoms with Crippen LogP contribution in [-0.4, -0.2) is 47.2 Å². The van der Waals surface area contributed by atoms with Crippen LogP contribution in [0.5, 0.6) is 0 Å². The van der Waals surface area contributed by atoms with Gasteiger partial charge >= 0.3 is 6.18 Å². The Morgan fingerprint density at radius 3 is 2.46 bits per heavy atom. The van der Waals surface area contributed by atoms with Gasteiger partial charge in [-0.1, -0.05) is 24.3 Å². The van der Waals surface area contributed by atoms with Crippen LogP contribution in [0.3, 0.4) is 0 Å². The van der Waals surface area contributed by atoms with Crippen LogP contribution in [0.4, 0.5) is 13.2 Å². The van der Waals surface area contributed by atoms with Crippen molar-refractivity contribution < 1.29 is 21.6 Å². The van der Waals surface area contributed by atoms with Crippen molar-refractivity contribution >= 4 is 26.5 Å². The average Bonchev–Trinajstić information content (AvgIpc) is 3.41. The first kappa shape index (κ1) is 23.4. The summed E-state index contributed by atoms with van der Waals surface area (Å²) in [6.45, 7) is 3.02. The summed E-state index contributed by atoms with van der Waals surface area (Å²) < 4.78 is 70.7. The Labute approximate surface area is 200 Å². The van der Waals surface area contributed by atoms with Crippen LogP contribution in [0.15, 0.2) is 71.9 Å². The van der Waals surface area contributed by atoms with E-state index in [1.807, 2.05) is 43.5 Å². The van der Waals surface area contributed by atoms with Crippen molar-refractivity contribution in [1.29, 1.82) is 0 Å². The molecule has 35 heavy (non-hydrogen) atoms. The number of nitrogens with zero attached hydrogens (tertiary/aromatic N) is 4. The highest BCUT2D eigenvalue weighted by Gasteiger charge is 2.33. The number of alkyl halides is 3. The highest BCUT2D eigenvalue weighted by Crippen LogP contribution is 2.37. The van der Waals surface area contributed by atoms with Crippen LogP contribution >= 0.6 is 0 Å². The predicted octanol–water partition coefficient (Wildman–Crippen LogP) is 5.11. The van der Waals surface area contributed by atoms with Gasteiger partial charge in [0.15, 0.2) is 0 Å². The molecular formula is C25H23F3N4O2S. The fourth-order valence-electron chi connectivity index (χ4n) is 4.43. The standard InChI is InChI=1S/C25H23F3N4O2S/c1-17-24(15-29-32(17)20-6-4-3-5-7-20)35(33,34)31-16-22(18-10-12-30(2)13-11-18)21-14-19(25(26,27)28)8-9-23(21)31/h3-10,14-16H,11-13H2,1-2H3. The number of hydrogen-bond donors (Lipinski definition) is 0. The van der Waals surface area contributed by atoms with E-state index in [2.05, 4.69) is 10.00 Å². The maximum absolute atomic E-state index is 13.8. The molecule has 10 heteroatoms. The Balaban J connectivity index is 1.70. The molecule has 6 nitrogen and oxygen atoms in total. The van der Waals surface area contributed by atoms with Gasteiger partial charge in [0.1, 0.15) is 4.90 Å². The molecule has 0 aliphatic carbocycles. The number of aromatic nitrogens is 3. The number of hydrogen-bond acceptors (Lipinski definition) is 4. The molecule has 0 amide bonds. The van der Waals surface area contributed by atoms with Crippen LogP contribution in [0.2, 0.25) is 0 Å². The zero-order valence-corrected chi connectivity index (χ0v) is 19.9. The van der Waals surface area contributed by atoms with E-state index in [1.54, 1.807) is 6.92 Å². The lowest BCUT2D eigenvalue weighted by molar-refractivity contribution is -0.137. The fourth-order valence-corrected chi connectivity index (χ4v) is 5.94. The quantitative estimate of drug-likeness (QED) is 0.391. The summed E-state index contributed by atoms with van der Waals surface area (Å²) in [5.41, 5.74) is 1.82. The van der Waals surface area contributed by atoms with E-state index in [-0.39, 0.29) is 15.8 Å². The van der Waals surface area contributed by atoms with Gasteiger partial charge in [0.25, 0.3) is 10.0 Å². The number of benzene rings is 2. The highest BCUT2D eigenvalue weighted by atomic mass is 32.2. The molecule has 0 saturated carbocycles. The Hall–Kier alpha value is -3.37. The molecule has 2 aromatic heterocycles. The summed E-state index contributed by atoms with van der Waals surface area (Å²) in [7, 11) is -2.19. The van der Waals surface area contributed by atoms with E-state index in [0.29, 0.717) is 29.9 Å². The van der Waals surface area contributed by atoms with Crippen LogP contribution in [0, 0.1) is 6.92 Å². The van der Waals surface area contributed by atoms with Gasteiger partial charge in [-0.25, -0.2) is 17.1 Å². The maximum atomic E-state index is 13.8. The van der Waals surface area contributed by atoms with Crippen molar-refractivity contribution in [3.05, 3.63) is 83.8 Å². The van der Waals surface area contributed by atoms with Crippen molar-refractivity contribution in [3.8, 4) is 5.69 Å². The first-order valence-electron chi connectivity index (χ1n) is 11.0. The molecule has 182 valence electrons. The minimum atomic E-state index is -4.54. The third-order valence-corrected chi connectivity index (χ3v) is 8.14. The van der Waals surface area contributed by atoms with Crippen molar-refractivity contribution in [1.82, 2.24) is 18.7 Å². The Morgan fingerprint density at radius 2 is 1.80 bits per heavy atom. The number of para-hydroxylation sites is 1. The second kappa shape index (κ2) is 8.39. The molecule has 0 N–H and O–H groups in total. The molecule has 0 unspecified atom stereocenters. The molecule has 4 aromatic rings. The topological polar surface area (TPSA) is 60.1 Å². The van der Waals surface area contributed by atoms with Crippen LogP contribution in [0.1, 0.15) is 23.2 Å². The minimum absolute atomic E-state index is 0.0120. The number of rotatable bonds is 4. The molecule has 5 rings (SSSR count). The average molecular weight is 501 g/mol. The van der Waals surface area contributed by atoms with E-state index in [4.69, 9.17) is 0 Å². The van der Waals surface area contributed by atoms with Crippen LogP contribution in [-0.2, 0) is 16.2 Å². The van der Waals surface area contributed by atoms with Crippen LogP contribution < -0.4 is 0 Å². The lowest BCUT2D eigenvalue weighted by Gasteiger charge is -2.21. The normalized spacial score (nSPS) is 15.5. The van der Waals surface area contributed by atoms with Gasteiger partial charge < -0.3 is 4.90 Å². The van der Waals surface area contributed by atoms with Crippen molar-refractivity contribution in [3.63, 3.8) is 0 Å². The largest absolute Gasteiger partial charge is 0.416 e. The molecule has 0 spiro atoms. The zero-order chi connectivity index (χ0) is 25.0. The van der Waals surface area contributed by atoms with Gasteiger partial charge in [-0.15, -0.1) is 0 Å². The lowest BCUT2D eigenvalue weighted by atomic mass is 9.98. The molecule has 0 fully saturated rings. The van der Waals surface area contributed by atoms with E-state index in [0.717, 1.165) is 28.2 Å². The summed E-state index contributed by atoms with van der Waals surface area (Å²) in [5.74, 6) is 0. The number of halogens is 3. The molecule has 2 aromatic carbocycles. The number of fused-ring (bicyclic) bond motifs is 1. The van der Waals surface area contributed by atoms with Crippen molar-refractivity contribution in [2.75, 3.05) is 20.1 Å². The fraction of sp³-hybridized carbons (Fsp3) is 0.240. The third kappa shape index (κ3) is 4.06. The monoisotopic (exact) mass is 500 g/mol. The van der Waals surface area contributed by atoms with Gasteiger partial charge in [0, 0.05) is 30.2 Å². The first-order chi connectivity index (χ1) is 16.6. The summed E-state index contributed by atoms with van der Waals surface area (Å²) in [6, 6.07) is 12.3. The number of likely N-dealkylation sites (N-methyl/N-ethyl adjacent to an activating group) is 1. The van der Waals surface area contributed by atoms with Gasteiger partial charge in [-0.2, -0.15) is 18.3 Å². The Bertz CT molecular complexity index is 1550. The molecule has 1 aliphatic rings. The SMILES string of the molecule is Cc1c(S(=O)(=O)n2cc(C3=CCN(C)CC3)c3cc(C(F)(F)F)ccc32)cnn1-c1ccccc1. The Kier molecular flexibility index (Phi) is 5.60. The first-order valence-corrected chi connectivity index (χ1v) is 12.5. The molecule has 0 atom stereocenters. The van der Waals surface area contributed by atoms with Gasteiger partial charge in [0.2, 0.25) is 0 Å². The van der Waals surface area contributed by atoms with E-state index in [1.165, 1.54) is 23.1 Å². The van der Waals surface area contributed by atoms with Gasteiger partial charge in [0.05, 0.1) is 28.7 Å². The highest BCUT2D eigenvalue weighted by molar-refractivity contribution is 7.90. The summed E-state index contributed by atoms with van der Waals surface area (Å²) in [5, 5.41) is 4.52. The van der Waals surface area contributed by atoms with E-state index >= 15 is 0 Å². The van der Waals surface area contributed by atoms with E-state index in [9.17, 15) is 21.6 Å². The maximum Gasteiger partial charge on any atom is 0.416 e. The minimum Gasteiger partial charge on any atom is -0.302 e. The van der Waals surface area contributed by atoms with Gasteiger partial charge in [-0.05, 0) is 56.3 Å². The van der Waals surface area contributed by atoms with Gasteiger partial charge in [-0.3, -0.25) is 0 Å². The summed E-state index contributed by atoms with van der Waals surface area (Å²) in [4.78, 5) is 2.07. The zero-order valence-electron chi connectivity index (χ0n) is 19.1. The predicted molar refractivity (Wildman–Crippen MR) is 128 cm³/mol. The van der Waals surface area contributed by atoms with E-state index < -0.39 is 21.8 Å². The second-order valence-electron chi connectivity index (χ2n) is 8.66. The summed E-state index contributed by atoms with van der Waals surface area (Å²) in [6.07, 6.45) is 0.727. The molecule has 0 bridgehead atoms. The van der Waals surface area contributed by atoms with Crippen LogP contribution in [0.25, 0.3) is 22.2 Å². The third-order valence-electron chi connectivity index (χ3n) is 6.36. The lowest BCUT2D eigenvalue weighted by Crippen LogP contribution is -2.23. The Morgan fingerprint density at radius 1 is 1.06 bits per heavy atom. The summed E-state index contributed by atoms with van der Waals surface area (Å²) >= 11 is 0. The smallest absolute Gasteiger partial charge is 0.302 e.